The molecule has 0 saturated heterocycles. The topological polar surface area (TPSA) is 60.2 Å². The van der Waals surface area contributed by atoms with Gasteiger partial charge >= 0.3 is 0 Å². The molecule has 0 aliphatic rings. The van der Waals surface area contributed by atoms with Crippen LogP contribution < -0.4 is 5.32 Å². The first kappa shape index (κ1) is 14.7. The first-order valence-electron chi connectivity index (χ1n) is 6.75. The van der Waals surface area contributed by atoms with Crippen LogP contribution in [0.3, 0.4) is 0 Å². The van der Waals surface area contributed by atoms with Crippen molar-refractivity contribution in [2.45, 2.75) is 31.9 Å². The highest BCUT2D eigenvalue weighted by Gasteiger charge is 2.25. The van der Waals surface area contributed by atoms with Gasteiger partial charge in [-0.1, -0.05) is 42.4 Å². The molecule has 1 N–H and O–H groups in total. The van der Waals surface area contributed by atoms with E-state index in [1.807, 2.05) is 32.2 Å². The lowest BCUT2D eigenvalue weighted by Gasteiger charge is -2.21. The van der Waals surface area contributed by atoms with Crippen LogP contribution in [0.2, 0.25) is 0 Å². The third kappa shape index (κ3) is 3.05. The van der Waals surface area contributed by atoms with Crippen LogP contribution >= 0.6 is 0 Å². The van der Waals surface area contributed by atoms with E-state index in [9.17, 15) is 0 Å². The Bertz CT molecular complexity index is 527. The fourth-order valence-corrected chi connectivity index (χ4v) is 2.21. The second-order valence-electron chi connectivity index (χ2n) is 4.83. The van der Waals surface area contributed by atoms with Gasteiger partial charge in [-0.3, -0.25) is 0 Å². The van der Waals surface area contributed by atoms with Crippen molar-refractivity contribution in [3.8, 4) is 0 Å². The minimum Gasteiger partial charge on any atom is -0.374 e. The number of nitrogens with one attached hydrogen (secondary N) is 1. The summed E-state index contributed by atoms with van der Waals surface area (Å²) in [6, 6.07) is 10.4. The van der Waals surface area contributed by atoms with Gasteiger partial charge in [0.05, 0.1) is 5.92 Å². The molecule has 108 valence electrons. The fourth-order valence-electron chi connectivity index (χ4n) is 2.21. The normalized spacial score (nSPS) is 15.8. The Labute approximate surface area is 119 Å². The van der Waals surface area contributed by atoms with Gasteiger partial charge in [-0.25, -0.2) is 0 Å². The maximum absolute atomic E-state index is 5.37. The number of nitrogens with zero attached hydrogens (tertiary/aromatic N) is 2. The minimum absolute atomic E-state index is 0.0766. The summed E-state index contributed by atoms with van der Waals surface area (Å²) in [4.78, 5) is 4.43. The van der Waals surface area contributed by atoms with E-state index < -0.39 is 0 Å². The standard InChI is InChI=1S/C15H21N3O2/c1-10(13(16-3)12-8-6-5-7-9-12)15-17-14(18-20-15)11(2)19-4/h5-11,13,16H,1-4H3. The number of hydrogen-bond donors (Lipinski definition) is 1. The molecule has 3 atom stereocenters. The van der Waals surface area contributed by atoms with E-state index in [1.165, 1.54) is 5.56 Å². The summed E-state index contributed by atoms with van der Waals surface area (Å²) in [6.45, 7) is 3.97. The molecule has 5 nitrogen and oxygen atoms in total. The Kier molecular flexibility index (Phi) is 4.87. The van der Waals surface area contributed by atoms with E-state index in [-0.39, 0.29) is 18.1 Å². The summed E-state index contributed by atoms with van der Waals surface area (Å²) in [5, 5.41) is 7.29. The Balaban J connectivity index is 2.20. The number of hydrogen-bond acceptors (Lipinski definition) is 5. The smallest absolute Gasteiger partial charge is 0.231 e. The summed E-state index contributed by atoms with van der Waals surface area (Å²) in [5.41, 5.74) is 1.20. The van der Waals surface area contributed by atoms with Crippen LogP contribution in [0.1, 0.15) is 49.2 Å². The number of aromatic nitrogens is 2. The zero-order chi connectivity index (χ0) is 14.5. The van der Waals surface area contributed by atoms with E-state index in [4.69, 9.17) is 9.26 Å². The first-order chi connectivity index (χ1) is 9.67. The van der Waals surface area contributed by atoms with Gasteiger partial charge in [-0.2, -0.15) is 4.98 Å². The molecule has 0 aliphatic heterocycles. The molecule has 2 rings (SSSR count). The zero-order valence-corrected chi connectivity index (χ0v) is 12.3. The molecular weight excluding hydrogens is 254 g/mol. The number of likely N-dealkylation sites (N-methyl/N-ethyl adjacent to an activating group) is 1. The minimum atomic E-state index is -0.163. The first-order valence-corrected chi connectivity index (χ1v) is 6.75. The summed E-state index contributed by atoms with van der Waals surface area (Å²) < 4.78 is 10.6. The number of rotatable bonds is 6. The molecule has 5 heteroatoms. The lowest BCUT2D eigenvalue weighted by Crippen LogP contribution is -2.22. The highest BCUT2D eigenvalue weighted by molar-refractivity contribution is 5.21. The average molecular weight is 275 g/mol. The van der Waals surface area contributed by atoms with Gasteiger partial charge in [0.2, 0.25) is 5.89 Å². The van der Waals surface area contributed by atoms with Crippen molar-refractivity contribution >= 4 is 0 Å². The second-order valence-corrected chi connectivity index (χ2v) is 4.83. The van der Waals surface area contributed by atoms with Crippen LogP contribution in [-0.2, 0) is 4.74 Å². The lowest BCUT2D eigenvalue weighted by atomic mass is 9.94. The van der Waals surface area contributed by atoms with E-state index in [0.717, 1.165) is 0 Å². The summed E-state index contributed by atoms with van der Waals surface area (Å²) >= 11 is 0. The van der Waals surface area contributed by atoms with Crippen LogP contribution in [0.15, 0.2) is 34.9 Å². The van der Waals surface area contributed by atoms with Gasteiger partial charge in [-0.15, -0.1) is 0 Å². The van der Waals surface area contributed by atoms with E-state index in [0.29, 0.717) is 11.7 Å². The fraction of sp³-hybridized carbons (Fsp3) is 0.467. The third-order valence-electron chi connectivity index (χ3n) is 3.53. The molecule has 20 heavy (non-hydrogen) atoms. The summed E-state index contributed by atoms with van der Waals surface area (Å²) in [5.74, 6) is 1.28. The quantitative estimate of drug-likeness (QED) is 0.878. The zero-order valence-electron chi connectivity index (χ0n) is 12.3. The van der Waals surface area contributed by atoms with Gasteiger partial charge in [0.1, 0.15) is 6.10 Å². The van der Waals surface area contributed by atoms with Crippen LogP contribution in [0, 0.1) is 0 Å². The molecule has 1 aromatic carbocycles. The van der Waals surface area contributed by atoms with Gasteiger partial charge < -0.3 is 14.6 Å². The molecule has 0 radical (unpaired) electrons. The van der Waals surface area contributed by atoms with Crippen molar-refractivity contribution in [3.05, 3.63) is 47.6 Å². The van der Waals surface area contributed by atoms with E-state index >= 15 is 0 Å². The van der Waals surface area contributed by atoms with Gasteiger partial charge in [-0.05, 0) is 19.5 Å². The second kappa shape index (κ2) is 6.63. The predicted molar refractivity (Wildman–Crippen MR) is 76.4 cm³/mol. The number of ether oxygens (including phenoxy) is 1. The molecule has 0 saturated carbocycles. The van der Waals surface area contributed by atoms with Gasteiger partial charge in [0, 0.05) is 13.2 Å². The highest BCUT2D eigenvalue weighted by atomic mass is 16.5. The van der Waals surface area contributed by atoms with Crippen LogP contribution in [0.4, 0.5) is 0 Å². The highest BCUT2D eigenvalue weighted by Crippen LogP contribution is 2.29. The van der Waals surface area contributed by atoms with Crippen molar-refractivity contribution in [3.63, 3.8) is 0 Å². The van der Waals surface area contributed by atoms with Crippen molar-refractivity contribution in [1.29, 1.82) is 0 Å². The summed E-state index contributed by atoms with van der Waals surface area (Å²) in [6.07, 6.45) is -0.163. The van der Waals surface area contributed by atoms with Crippen molar-refractivity contribution in [2.75, 3.05) is 14.2 Å². The maximum Gasteiger partial charge on any atom is 0.231 e. The predicted octanol–water partition coefficient (Wildman–Crippen LogP) is 2.84. The molecule has 0 aliphatic carbocycles. The maximum atomic E-state index is 5.37. The van der Waals surface area contributed by atoms with Gasteiger partial charge in [0.15, 0.2) is 5.82 Å². The van der Waals surface area contributed by atoms with Crippen LogP contribution in [0.25, 0.3) is 0 Å². The van der Waals surface area contributed by atoms with Crippen molar-refractivity contribution < 1.29 is 9.26 Å². The Morgan fingerprint density at radius 3 is 2.50 bits per heavy atom. The molecule has 0 fully saturated rings. The average Bonchev–Trinajstić information content (AvgIpc) is 2.98. The molecule has 1 heterocycles. The largest absolute Gasteiger partial charge is 0.374 e. The SMILES string of the molecule is CNC(c1ccccc1)C(C)c1nc(C(C)OC)no1. The van der Waals surface area contributed by atoms with Crippen LogP contribution in [0.5, 0.6) is 0 Å². The molecule has 0 amide bonds. The third-order valence-corrected chi connectivity index (χ3v) is 3.53. The molecule has 2 aromatic rings. The van der Waals surface area contributed by atoms with E-state index in [2.05, 4.69) is 34.5 Å². The monoisotopic (exact) mass is 275 g/mol. The van der Waals surface area contributed by atoms with Crippen molar-refractivity contribution in [2.24, 2.45) is 0 Å². The molecule has 1 aromatic heterocycles. The van der Waals surface area contributed by atoms with Gasteiger partial charge in [0.25, 0.3) is 0 Å². The molecular formula is C15H21N3O2. The Morgan fingerprint density at radius 2 is 1.90 bits per heavy atom. The Morgan fingerprint density at radius 1 is 1.20 bits per heavy atom. The molecule has 0 spiro atoms. The number of methoxy groups -OCH3 is 1. The van der Waals surface area contributed by atoms with Crippen LogP contribution in [-0.4, -0.2) is 24.3 Å². The molecule has 3 unspecified atom stereocenters. The summed E-state index contributed by atoms with van der Waals surface area (Å²) in [7, 11) is 3.56. The molecule has 0 bridgehead atoms. The number of benzene rings is 1. The Hall–Kier alpha value is -1.72. The van der Waals surface area contributed by atoms with E-state index in [1.54, 1.807) is 7.11 Å². The lowest BCUT2D eigenvalue weighted by molar-refractivity contribution is 0.109. The van der Waals surface area contributed by atoms with Crippen molar-refractivity contribution in [1.82, 2.24) is 15.5 Å².